The van der Waals surface area contributed by atoms with Gasteiger partial charge in [-0.2, -0.15) is 0 Å². The molecule has 170 valence electrons. The molecule has 4 nitrogen and oxygen atoms in total. The maximum atomic E-state index is 12.4. The maximum absolute atomic E-state index is 12.4. The number of carbonyl (C=O) groups is 1. The summed E-state index contributed by atoms with van der Waals surface area (Å²) in [6.07, 6.45) is 4.66. The second-order valence-electron chi connectivity index (χ2n) is 8.59. The summed E-state index contributed by atoms with van der Waals surface area (Å²) in [4.78, 5) is 13.4. The van der Waals surface area contributed by atoms with Crippen molar-refractivity contribution in [3.05, 3.63) is 69.2 Å². The van der Waals surface area contributed by atoms with E-state index in [4.69, 9.17) is 9.84 Å². The molecule has 1 atom stereocenters. The molecule has 0 bridgehead atoms. The number of benzene rings is 2. The molecule has 1 saturated heterocycles. The lowest BCUT2D eigenvalue weighted by atomic mass is 9.92. The Hall–Kier alpha value is -2.18. The fraction of sp³-hybridized carbons (Fsp3) is 0.423. The van der Waals surface area contributed by atoms with Gasteiger partial charge in [-0.3, -0.25) is 14.1 Å². The quantitative estimate of drug-likeness (QED) is 0.510. The second kappa shape index (κ2) is 10.6. The van der Waals surface area contributed by atoms with Gasteiger partial charge in [-0.25, -0.2) is 0 Å². The van der Waals surface area contributed by atoms with Crippen LogP contribution in [0.5, 0.6) is 5.75 Å². The number of carboxylic acid groups (broad SMARTS) is 1. The van der Waals surface area contributed by atoms with Crippen molar-refractivity contribution in [3.63, 3.8) is 0 Å². The van der Waals surface area contributed by atoms with Gasteiger partial charge in [0.1, 0.15) is 11.9 Å². The van der Waals surface area contributed by atoms with Crippen molar-refractivity contribution in [2.75, 3.05) is 26.3 Å². The predicted octanol–water partition coefficient (Wildman–Crippen LogP) is 5.62. The zero-order valence-corrected chi connectivity index (χ0v) is 19.7. The van der Waals surface area contributed by atoms with Crippen LogP contribution in [0.4, 0.5) is 4.39 Å². The van der Waals surface area contributed by atoms with Crippen LogP contribution in [-0.2, 0) is 17.6 Å². The van der Waals surface area contributed by atoms with Gasteiger partial charge in [-0.05, 0) is 72.1 Å². The third-order valence-corrected chi connectivity index (χ3v) is 6.98. The molecule has 1 aliphatic carbocycles. The van der Waals surface area contributed by atoms with Crippen LogP contribution >= 0.6 is 15.9 Å². The van der Waals surface area contributed by atoms with E-state index in [1.54, 1.807) is 0 Å². The molecule has 2 aromatic carbocycles. The van der Waals surface area contributed by atoms with E-state index in [-0.39, 0.29) is 19.2 Å². The van der Waals surface area contributed by atoms with Crippen molar-refractivity contribution in [1.82, 2.24) is 4.90 Å². The molecule has 0 saturated carbocycles. The van der Waals surface area contributed by atoms with Crippen molar-refractivity contribution in [3.8, 4) is 5.75 Å². The van der Waals surface area contributed by atoms with Gasteiger partial charge >= 0.3 is 5.97 Å². The SMILES string of the molecule is O=C(O)Cc1ccc2c(c1)CCCC(Br)=C2c1ccc(O[C@H]2CCN(CCCF)C2)cc1. The minimum absolute atomic E-state index is 0.0475. The highest BCUT2D eigenvalue weighted by molar-refractivity contribution is 9.11. The summed E-state index contributed by atoms with van der Waals surface area (Å²) in [6.45, 7) is 2.34. The second-order valence-corrected chi connectivity index (χ2v) is 9.55. The molecular formula is C26H29BrFNO3. The minimum atomic E-state index is -0.807. The van der Waals surface area contributed by atoms with Gasteiger partial charge in [-0.15, -0.1) is 0 Å². The molecular weight excluding hydrogens is 473 g/mol. The molecule has 32 heavy (non-hydrogen) atoms. The van der Waals surface area contributed by atoms with Gasteiger partial charge in [0.15, 0.2) is 0 Å². The van der Waals surface area contributed by atoms with Gasteiger partial charge in [0.05, 0.1) is 13.1 Å². The molecule has 0 radical (unpaired) electrons. The summed E-state index contributed by atoms with van der Waals surface area (Å²) in [7, 11) is 0. The van der Waals surface area contributed by atoms with E-state index < -0.39 is 5.97 Å². The number of alkyl halides is 1. The Bertz CT molecular complexity index is 989. The third-order valence-electron chi connectivity index (χ3n) is 6.19. The van der Waals surface area contributed by atoms with Crippen molar-refractivity contribution < 1.29 is 19.0 Å². The molecule has 0 amide bonds. The molecule has 0 spiro atoms. The summed E-state index contributed by atoms with van der Waals surface area (Å²) in [5, 5.41) is 9.13. The molecule has 6 heteroatoms. The van der Waals surface area contributed by atoms with Crippen molar-refractivity contribution in [2.45, 2.75) is 44.6 Å². The largest absolute Gasteiger partial charge is 0.489 e. The predicted molar refractivity (Wildman–Crippen MR) is 128 cm³/mol. The van der Waals surface area contributed by atoms with Crippen molar-refractivity contribution in [2.24, 2.45) is 0 Å². The van der Waals surface area contributed by atoms with Crippen LogP contribution in [0.3, 0.4) is 0 Å². The van der Waals surface area contributed by atoms with Crippen molar-refractivity contribution in [1.29, 1.82) is 0 Å². The first-order valence-electron chi connectivity index (χ1n) is 11.3. The molecule has 2 aromatic rings. The topological polar surface area (TPSA) is 49.8 Å². The number of halogens is 2. The molecule has 4 rings (SSSR count). The smallest absolute Gasteiger partial charge is 0.307 e. The van der Waals surface area contributed by atoms with Crippen molar-refractivity contribution >= 4 is 27.5 Å². The number of aliphatic carboxylic acids is 1. The van der Waals surface area contributed by atoms with Gasteiger partial charge < -0.3 is 9.84 Å². The molecule has 2 aliphatic rings. The number of nitrogens with zero attached hydrogens (tertiary/aromatic N) is 1. The third kappa shape index (κ3) is 5.59. The van der Waals surface area contributed by atoms with Crippen LogP contribution in [0.2, 0.25) is 0 Å². The Kier molecular flexibility index (Phi) is 7.63. The van der Waals surface area contributed by atoms with E-state index in [0.29, 0.717) is 6.42 Å². The lowest BCUT2D eigenvalue weighted by Gasteiger charge is -2.17. The summed E-state index contributed by atoms with van der Waals surface area (Å²) >= 11 is 3.81. The number of aryl methyl sites for hydroxylation is 1. The Morgan fingerprint density at radius 3 is 2.75 bits per heavy atom. The number of ether oxygens (including phenoxy) is 1. The van der Waals surface area contributed by atoms with Crippen LogP contribution < -0.4 is 4.74 Å². The number of allylic oxidation sites excluding steroid dienone is 1. The Morgan fingerprint density at radius 1 is 1.19 bits per heavy atom. The van der Waals surface area contributed by atoms with E-state index in [0.717, 1.165) is 67.8 Å². The minimum Gasteiger partial charge on any atom is -0.489 e. The van der Waals surface area contributed by atoms with Gasteiger partial charge in [0, 0.05) is 24.1 Å². The zero-order valence-electron chi connectivity index (χ0n) is 18.2. The van der Waals surface area contributed by atoms with E-state index in [2.05, 4.69) is 39.0 Å². The van der Waals surface area contributed by atoms with Gasteiger partial charge in [0.25, 0.3) is 0 Å². The molecule has 0 aromatic heterocycles. The molecule has 1 fully saturated rings. The average Bonchev–Trinajstić information content (AvgIpc) is 3.14. The van der Waals surface area contributed by atoms with E-state index >= 15 is 0 Å². The average molecular weight is 502 g/mol. The highest BCUT2D eigenvalue weighted by Gasteiger charge is 2.24. The number of fused-ring (bicyclic) bond motifs is 1. The fourth-order valence-corrected chi connectivity index (χ4v) is 5.39. The summed E-state index contributed by atoms with van der Waals surface area (Å²) in [6, 6.07) is 14.3. The summed E-state index contributed by atoms with van der Waals surface area (Å²) < 4.78 is 19.8. The molecule has 1 heterocycles. The van der Waals surface area contributed by atoms with Crippen LogP contribution in [0.15, 0.2) is 46.9 Å². The van der Waals surface area contributed by atoms with Crippen LogP contribution in [0, 0.1) is 0 Å². The highest BCUT2D eigenvalue weighted by Crippen LogP contribution is 2.38. The number of carboxylic acids is 1. The molecule has 1 aliphatic heterocycles. The zero-order chi connectivity index (χ0) is 22.5. The van der Waals surface area contributed by atoms with E-state index in [9.17, 15) is 9.18 Å². The monoisotopic (exact) mass is 501 g/mol. The Labute approximate surface area is 197 Å². The van der Waals surface area contributed by atoms with Gasteiger partial charge in [-0.1, -0.05) is 46.3 Å². The normalized spacial score (nSPS) is 19.0. The van der Waals surface area contributed by atoms with Crippen LogP contribution in [0.25, 0.3) is 5.57 Å². The maximum Gasteiger partial charge on any atom is 0.307 e. The number of likely N-dealkylation sites (tertiary alicyclic amines) is 1. The van der Waals surface area contributed by atoms with E-state index in [1.165, 1.54) is 15.6 Å². The Balaban J connectivity index is 1.50. The van der Waals surface area contributed by atoms with Crippen LogP contribution in [-0.4, -0.2) is 48.4 Å². The molecule has 0 unspecified atom stereocenters. The van der Waals surface area contributed by atoms with E-state index in [1.807, 2.05) is 24.3 Å². The van der Waals surface area contributed by atoms with Crippen LogP contribution in [0.1, 0.15) is 47.9 Å². The fourth-order valence-electron chi connectivity index (χ4n) is 4.67. The van der Waals surface area contributed by atoms with Gasteiger partial charge in [0.2, 0.25) is 0 Å². The Morgan fingerprint density at radius 2 is 2.00 bits per heavy atom. The summed E-state index contributed by atoms with van der Waals surface area (Å²) in [5.74, 6) is 0.0485. The standard InChI is InChI=1S/C26H29BrFNO3/c27-24-4-1-3-20-15-18(16-25(30)31)5-10-23(20)26(24)19-6-8-21(9-7-19)32-22-11-14-29(17-22)13-2-12-28/h5-10,15,22H,1-4,11-14,16-17H2,(H,30,31)/t22-/m0/s1. The first-order chi connectivity index (χ1) is 15.5. The highest BCUT2D eigenvalue weighted by atomic mass is 79.9. The molecule has 1 N–H and O–H groups in total. The first-order valence-corrected chi connectivity index (χ1v) is 12.1. The lowest BCUT2D eigenvalue weighted by molar-refractivity contribution is -0.136. The first kappa shape index (κ1) is 23.0. The number of hydrogen-bond acceptors (Lipinski definition) is 3. The number of rotatable bonds is 8. The lowest BCUT2D eigenvalue weighted by Crippen LogP contribution is -2.26. The summed E-state index contributed by atoms with van der Waals surface area (Å²) in [5.41, 5.74) is 5.50. The number of hydrogen-bond donors (Lipinski definition) is 1.